The van der Waals surface area contributed by atoms with E-state index in [0.29, 0.717) is 11.3 Å². The largest absolute Gasteiger partial charge is 0.344 e. The molecule has 0 aromatic rings. The Hall–Kier alpha value is 0.700. The van der Waals surface area contributed by atoms with Crippen LogP contribution in [0.25, 0.3) is 0 Å². The molecule has 0 bridgehead atoms. The van der Waals surface area contributed by atoms with Crippen LogP contribution in [0, 0.1) is 0 Å². The maximum Gasteiger partial charge on any atom is 0.163 e. The first-order valence-electron chi connectivity index (χ1n) is 8.29. The van der Waals surface area contributed by atoms with Crippen molar-refractivity contribution >= 4 is 15.8 Å². The van der Waals surface area contributed by atoms with Gasteiger partial charge in [0, 0.05) is 11.3 Å². The zero-order chi connectivity index (χ0) is 15.9. The lowest BCUT2D eigenvalue weighted by molar-refractivity contribution is -0.151. The van der Waals surface area contributed by atoms with Crippen LogP contribution in [0.2, 0.25) is 0 Å². The predicted octanol–water partition coefficient (Wildman–Crippen LogP) is 3.01. The topological polar surface area (TPSA) is 36.9 Å². The summed E-state index contributed by atoms with van der Waals surface area (Å²) < 4.78 is 24.9. The Morgan fingerprint density at radius 2 is 1.05 bits per heavy atom. The minimum absolute atomic E-state index is 0.0646. The molecule has 0 amide bonds. The monoisotopic (exact) mass is 346 g/mol. The molecule has 8 atom stereocenters. The summed E-state index contributed by atoms with van der Waals surface area (Å²) in [5.74, 6) is -0.851. The summed E-state index contributed by atoms with van der Waals surface area (Å²) in [7, 11) is -0.129. The number of hydrogen-bond donors (Lipinski definition) is 0. The molecule has 0 N–H and O–H groups in total. The van der Waals surface area contributed by atoms with Crippen LogP contribution in [0.15, 0.2) is 0 Å². The second kappa shape index (κ2) is 5.10. The van der Waals surface area contributed by atoms with Crippen LogP contribution in [0.1, 0.15) is 27.7 Å². The Bertz CT molecular complexity index is 427. The Balaban J connectivity index is 1.60. The van der Waals surface area contributed by atoms with Gasteiger partial charge in [0.15, 0.2) is 11.6 Å². The third-order valence-corrected chi connectivity index (χ3v) is 10.8. The third kappa shape index (κ3) is 2.50. The molecule has 1 unspecified atom stereocenters. The molecule has 4 aliphatic rings. The van der Waals surface area contributed by atoms with Gasteiger partial charge in [-0.1, -0.05) is 0 Å². The van der Waals surface area contributed by atoms with Gasteiger partial charge < -0.3 is 18.9 Å². The smallest absolute Gasteiger partial charge is 0.163 e. The van der Waals surface area contributed by atoms with Crippen molar-refractivity contribution in [2.75, 3.05) is 25.7 Å². The number of ether oxygens (including phenoxy) is 4. The molecule has 0 radical (unpaired) electrons. The van der Waals surface area contributed by atoms with E-state index >= 15 is 0 Å². The van der Waals surface area contributed by atoms with Gasteiger partial charge >= 0.3 is 0 Å². The molecule has 4 heterocycles. The quantitative estimate of drug-likeness (QED) is 0.684. The fourth-order valence-corrected chi connectivity index (χ4v) is 11.3. The highest BCUT2D eigenvalue weighted by molar-refractivity contribution is 7.62. The molecule has 0 aromatic heterocycles. The third-order valence-electron chi connectivity index (χ3n) is 5.42. The van der Waals surface area contributed by atoms with Crippen molar-refractivity contribution in [3.63, 3.8) is 0 Å². The van der Waals surface area contributed by atoms with E-state index in [1.54, 1.807) is 0 Å². The van der Waals surface area contributed by atoms with Gasteiger partial charge in [0.1, 0.15) is 0 Å². The van der Waals surface area contributed by atoms with Crippen molar-refractivity contribution in [3.8, 4) is 0 Å². The van der Waals surface area contributed by atoms with Gasteiger partial charge in [0.05, 0.1) is 24.4 Å². The molecule has 0 aromatic carbocycles. The highest BCUT2D eigenvalue weighted by Gasteiger charge is 2.61. The van der Waals surface area contributed by atoms with Crippen molar-refractivity contribution in [1.82, 2.24) is 0 Å². The van der Waals surface area contributed by atoms with E-state index < -0.39 is 11.6 Å². The lowest BCUT2D eigenvalue weighted by Crippen LogP contribution is -2.42. The summed E-state index contributed by atoms with van der Waals surface area (Å²) in [6, 6.07) is 0. The van der Waals surface area contributed by atoms with Gasteiger partial charge in [-0.15, -0.1) is 15.8 Å². The summed E-state index contributed by atoms with van der Waals surface area (Å²) in [4.78, 5) is 0. The summed E-state index contributed by atoms with van der Waals surface area (Å²) in [6.45, 7) is 13.0. The van der Waals surface area contributed by atoms with Gasteiger partial charge in [0.25, 0.3) is 0 Å². The standard InChI is InChI=1S/C16H28O4P2/c1-15(2)17-9-7-21(5)13(11(9)19-15)14-12-10(8-22(14)6)18-16(3,4)20-12/h9-14H,7-8H2,1-6H3/t9-,10?,11+,12+,13-,14-,21+,22-/m1/s1. The van der Waals surface area contributed by atoms with E-state index in [9.17, 15) is 0 Å². The fourth-order valence-electron chi connectivity index (χ4n) is 4.81. The second-order valence-electron chi connectivity index (χ2n) is 8.14. The van der Waals surface area contributed by atoms with Crippen molar-refractivity contribution in [3.05, 3.63) is 0 Å². The van der Waals surface area contributed by atoms with Gasteiger partial charge in [-0.05, 0) is 53.3 Å². The van der Waals surface area contributed by atoms with Crippen LogP contribution in [0.4, 0.5) is 0 Å². The molecule has 4 aliphatic heterocycles. The average molecular weight is 346 g/mol. The van der Waals surface area contributed by atoms with Crippen molar-refractivity contribution in [2.45, 2.75) is 75.0 Å². The van der Waals surface area contributed by atoms with E-state index in [-0.39, 0.29) is 40.3 Å². The number of hydrogen-bond acceptors (Lipinski definition) is 4. The predicted molar refractivity (Wildman–Crippen MR) is 90.6 cm³/mol. The molecule has 0 aliphatic carbocycles. The van der Waals surface area contributed by atoms with Gasteiger partial charge in [0.2, 0.25) is 0 Å². The van der Waals surface area contributed by atoms with Crippen molar-refractivity contribution in [1.29, 1.82) is 0 Å². The van der Waals surface area contributed by atoms with Crippen LogP contribution in [0.5, 0.6) is 0 Å². The summed E-state index contributed by atoms with van der Waals surface area (Å²) in [6.07, 6.45) is 3.44. The molecule has 6 heteroatoms. The Morgan fingerprint density at radius 1 is 0.682 bits per heavy atom. The lowest BCUT2D eigenvalue weighted by Gasteiger charge is -2.35. The van der Waals surface area contributed by atoms with Crippen LogP contribution >= 0.6 is 15.8 Å². The van der Waals surface area contributed by atoms with Gasteiger partial charge in [-0.25, -0.2) is 0 Å². The van der Waals surface area contributed by atoms with Crippen LogP contribution in [-0.4, -0.2) is 73.0 Å². The zero-order valence-corrected chi connectivity index (χ0v) is 16.2. The molecule has 22 heavy (non-hydrogen) atoms. The van der Waals surface area contributed by atoms with E-state index in [2.05, 4.69) is 13.3 Å². The average Bonchev–Trinajstić information content (AvgIpc) is 2.96. The lowest BCUT2D eigenvalue weighted by atomic mass is 10.0. The van der Waals surface area contributed by atoms with E-state index in [1.165, 1.54) is 12.3 Å². The minimum atomic E-state index is -0.426. The Labute approximate surface area is 136 Å². The maximum absolute atomic E-state index is 6.32. The summed E-state index contributed by atoms with van der Waals surface area (Å²) in [5.41, 5.74) is 1.20. The Kier molecular flexibility index (Phi) is 3.75. The van der Waals surface area contributed by atoms with Crippen molar-refractivity contribution in [2.24, 2.45) is 0 Å². The Morgan fingerprint density at radius 3 is 1.41 bits per heavy atom. The zero-order valence-electron chi connectivity index (χ0n) is 14.4. The van der Waals surface area contributed by atoms with E-state index in [1.807, 2.05) is 27.7 Å². The first-order valence-corrected chi connectivity index (χ1v) is 12.4. The first-order chi connectivity index (χ1) is 10.2. The van der Waals surface area contributed by atoms with E-state index in [0.717, 1.165) is 0 Å². The molecule has 126 valence electrons. The highest BCUT2D eigenvalue weighted by Crippen LogP contribution is 2.64. The van der Waals surface area contributed by atoms with E-state index in [4.69, 9.17) is 18.9 Å². The SMILES string of the molecule is C[P@]1CC2OC(C)(C)O[C@@H]2[C@@H]1[C@H]1[C@H]2OC(C)(C)O[C@@H]2C[P@]1C. The van der Waals surface area contributed by atoms with Gasteiger partial charge in [-0.3, -0.25) is 0 Å². The molecular weight excluding hydrogens is 318 g/mol. The molecule has 4 rings (SSSR count). The normalized spacial score (nSPS) is 55.4. The summed E-state index contributed by atoms with van der Waals surface area (Å²) >= 11 is 0. The van der Waals surface area contributed by atoms with Crippen LogP contribution in [0.3, 0.4) is 0 Å². The molecule has 0 saturated carbocycles. The fraction of sp³-hybridized carbons (Fsp3) is 1.00. The van der Waals surface area contributed by atoms with Gasteiger partial charge in [-0.2, -0.15) is 0 Å². The number of rotatable bonds is 1. The van der Waals surface area contributed by atoms with Crippen molar-refractivity contribution < 1.29 is 18.9 Å². The maximum atomic E-state index is 6.32. The second-order valence-corrected chi connectivity index (χ2v) is 13.1. The first kappa shape index (κ1) is 16.2. The molecule has 4 saturated heterocycles. The summed E-state index contributed by atoms with van der Waals surface area (Å²) in [5, 5.41) is 0. The molecular formula is C16H28O4P2. The number of fused-ring (bicyclic) bond motifs is 2. The molecule has 0 spiro atoms. The molecule has 4 fully saturated rings. The van der Waals surface area contributed by atoms with Crippen LogP contribution < -0.4 is 0 Å². The highest BCUT2D eigenvalue weighted by atomic mass is 31.1. The molecule has 4 nitrogen and oxygen atoms in total. The minimum Gasteiger partial charge on any atom is -0.344 e. The van der Waals surface area contributed by atoms with Crippen LogP contribution in [-0.2, 0) is 18.9 Å².